The number of benzene rings is 1. The summed E-state index contributed by atoms with van der Waals surface area (Å²) in [7, 11) is 0. The van der Waals surface area contributed by atoms with Gasteiger partial charge in [0.2, 0.25) is 0 Å². The van der Waals surface area contributed by atoms with Gasteiger partial charge in [-0.3, -0.25) is 4.79 Å². The van der Waals surface area contributed by atoms with Crippen molar-refractivity contribution in [3.8, 4) is 5.75 Å². The summed E-state index contributed by atoms with van der Waals surface area (Å²) >= 11 is 0. The molecule has 1 aromatic carbocycles. The van der Waals surface area contributed by atoms with Crippen molar-refractivity contribution >= 4 is 5.97 Å². The molecule has 4 rings (SSSR count). The van der Waals surface area contributed by atoms with E-state index in [1.807, 2.05) is 6.07 Å². The molecule has 112 valence electrons. The lowest BCUT2D eigenvalue weighted by Crippen LogP contribution is -2.43. The first-order valence-corrected chi connectivity index (χ1v) is 7.93. The molecule has 0 saturated heterocycles. The van der Waals surface area contributed by atoms with E-state index < -0.39 is 5.97 Å². The van der Waals surface area contributed by atoms with Crippen LogP contribution >= 0.6 is 0 Å². The summed E-state index contributed by atoms with van der Waals surface area (Å²) in [4.78, 5) is 11.5. The Morgan fingerprint density at radius 1 is 1.33 bits per heavy atom. The van der Waals surface area contributed by atoms with E-state index in [0.29, 0.717) is 11.8 Å². The predicted molar refractivity (Wildman–Crippen MR) is 78.2 cm³/mol. The summed E-state index contributed by atoms with van der Waals surface area (Å²) in [6.45, 7) is 1.53. The average molecular weight is 287 g/mol. The minimum Gasteiger partial charge on any atom is -0.493 e. The number of nitrogens with one attached hydrogen (secondary N) is 1. The molecule has 4 unspecified atom stereocenters. The fourth-order valence-electron chi connectivity index (χ4n) is 4.53. The molecule has 2 bridgehead atoms. The van der Waals surface area contributed by atoms with Gasteiger partial charge < -0.3 is 15.2 Å². The average Bonchev–Trinajstić information content (AvgIpc) is 3.18. The highest BCUT2D eigenvalue weighted by Gasteiger charge is 2.50. The molecule has 0 spiro atoms. The first kappa shape index (κ1) is 13.1. The van der Waals surface area contributed by atoms with Crippen LogP contribution in [0.15, 0.2) is 18.2 Å². The monoisotopic (exact) mass is 287 g/mol. The fraction of sp³-hybridized carbons (Fsp3) is 0.588. The van der Waals surface area contributed by atoms with Crippen molar-refractivity contribution in [2.45, 2.75) is 38.3 Å². The summed E-state index contributed by atoms with van der Waals surface area (Å²) in [5, 5.41) is 13.0. The maximum absolute atomic E-state index is 11.5. The highest BCUT2D eigenvalue weighted by atomic mass is 16.5. The lowest BCUT2D eigenvalue weighted by atomic mass is 9.84. The third kappa shape index (κ3) is 2.22. The van der Waals surface area contributed by atoms with Gasteiger partial charge in [-0.2, -0.15) is 0 Å². The third-order valence-corrected chi connectivity index (χ3v) is 5.50. The highest BCUT2D eigenvalue weighted by Crippen LogP contribution is 2.48. The van der Waals surface area contributed by atoms with Crippen molar-refractivity contribution in [1.82, 2.24) is 5.32 Å². The van der Waals surface area contributed by atoms with E-state index in [1.54, 1.807) is 0 Å². The van der Waals surface area contributed by atoms with Crippen LogP contribution in [0.1, 0.15) is 30.4 Å². The molecule has 4 atom stereocenters. The van der Waals surface area contributed by atoms with E-state index in [1.165, 1.54) is 17.5 Å². The Morgan fingerprint density at radius 3 is 3.05 bits per heavy atom. The lowest BCUT2D eigenvalue weighted by Gasteiger charge is -2.29. The first-order valence-electron chi connectivity index (χ1n) is 7.93. The normalized spacial score (nSPS) is 33.0. The van der Waals surface area contributed by atoms with Gasteiger partial charge in [0.05, 0.1) is 12.5 Å². The number of aliphatic carboxylic acids is 1. The summed E-state index contributed by atoms with van der Waals surface area (Å²) in [5.74, 6) is 1.12. The summed E-state index contributed by atoms with van der Waals surface area (Å²) in [5.41, 5.74) is 2.50. The maximum atomic E-state index is 11.5. The molecule has 2 fully saturated rings. The van der Waals surface area contributed by atoms with Gasteiger partial charge in [0.15, 0.2) is 0 Å². The van der Waals surface area contributed by atoms with Gasteiger partial charge in [-0.15, -0.1) is 0 Å². The topological polar surface area (TPSA) is 58.6 Å². The van der Waals surface area contributed by atoms with Gasteiger partial charge >= 0.3 is 5.97 Å². The van der Waals surface area contributed by atoms with Crippen LogP contribution in [0, 0.1) is 17.8 Å². The van der Waals surface area contributed by atoms with Crippen molar-refractivity contribution in [3.63, 3.8) is 0 Å². The van der Waals surface area contributed by atoms with E-state index in [9.17, 15) is 9.90 Å². The summed E-state index contributed by atoms with van der Waals surface area (Å²) in [6, 6.07) is 6.46. The largest absolute Gasteiger partial charge is 0.493 e. The second kappa shape index (κ2) is 5.02. The number of hydrogen-bond acceptors (Lipinski definition) is 3. The number of ether oxygens (including phenoxy) is 1. The number of hydrogen-bond donors (Lipinski definition) is 2. The third-order valence-electron chi connectivity index (χ3n) is 5.50. The quantitative estimate of drug-likeness (QED) is 0.891. The van der Waals surface area contributed by atoms with Crippen LogP contribution < -0.4 is 10.1 Å². The SMILES string of the molecule is O=C(O)C1C2CCC(C2)C1NCc1ccc2c(c1)CCO2. The number of carboxylic acids is 1. The molecule has 2 saturated carbocycles. The zero-order valence-corrected chi connectivity index (χ0v) is 12.0. The molecule has 4 nitrogen and oxygen atoms in total. The van der Waals surface area contributed by atoms with Gasteiger partial charge in [-0.05, 0) is 48.3 Å². The number of rotatable bonds is 4. The zero-order valence-electron chi connectivity index (χ0n) is 12.0. The standard InChI is InChI=1S/C17H21NO3/c19-17(20)15-12-2-3-13(8-12)16(15)18-9-10-1-4-14-11(7-10)5-6-21-14/h1,4,7,12-13,15-16,18H,2-3,5-6,8-9H2,(H,19,20). The second-order valence-corrected chi connectivity index (χ2v) is 6.64. The van der Waals surface area contributed by atoms with E-state index >= 15 is 0 Å². The molecule has 0 amide bonds. The van der Waals surface area contributed by atoms with E-state index in [0.717, 1.165) is 38.2 Å². The van der Waals surface area contributed by atoms with Gasteiger partial charge in [0, 0.05) is 19.0 Å². The molecule has 0 aromatic heterocycles. The molecular weight excluding hydrogens is 266 g/mol. The van der Waals surface area contributed by atoms with Crippen LogP contribution in [0.5, 0.6) is 5.75 Å². The van der Waals surface area contributed by atoms with Crippen LogP contribution in [0.25, 0.3) is 0 Å². The molecule has 2 aliphatic carbocycles. The molecule has 3 aliphatic rings. The van der Waals surface area contributed by atoms with Crippen molar-refractivity contribution in [3.05, 3.63) is 29.3 Å². The molecule has 1 heterocycles. The summed E-state index contributed by atoms with van der Waals surface area (Å²) in [6.07, 6.45) is 4.35. The van der Waals surface area contributed by atoms with E-state index in [4.69, 9.17) is 4.74 Å². The molecule has 0 radical (unpaired) electrons. The van der Waals surface area contributed by atoms with Crippen molar-refractivity contribution < 1.29 is 14.6 Å². The van der Waals surface area contributed by atoms with Gasteiger partial charge in [-0.25, -0.2) is 0 Å². The fourth-order valence-corrected chi connectivity index (χ4v) is 4.53. The lowest BCUT2D eigenvalue weighted by molar-refractivity contribution is -0.144. The smallest absolute Gasteiger partial charge is 0.308 e. The van der Waals surface area contributed by atoms with Gasteiger partial charge in [0.25, 0.3) is 0 Å². The Balaban J connectivity index is 1.45. The van der Waals surface area contributed by atoms with Crippen molar-refractivity contribution in [2.24, 2.45) is 17.8 Å². The van der Waals surface area contributed by atoms with E-state index in [2.05, 4.69) is 17.4 Å². The maximum Gasteiger partial charge on any atom is 0.308 e. The Labute approximate surface area is 124 Å². The van der Waals surface area contributed by atoms with Crippen LogP contribution in [0.2, 0.25) is 0 Å². The Morgan fingerprint density at radius 2 is 2.19 bits per heavy atom. The molecule has 1 aromatic rings. The Hall–Kier alpha value is -1.55. The zero-order chi connectivity index (χ0) is 14.4. The minimum absolute atomic E-state index is 0.144. The Kier molecular flexibility index (Phi) is 3.14. The van der Waals surface area contributed by atoms with E-state index in [-0.39, 0.29) is 12.0 Å². The molecule has 21 heavy (non-hydrogen) atoms. The Bertz CT molecular complexity index is 571. The highest BCUT2D eigenvalue weighted by molar-refractivity contribution is 5.72. The number of carbonyl (C=O) groups is 1. The molecular formula is C17H21NO3. The molecule has 2 N–H and O–H groups in total. The molecule has 4 heteroatoms. The minimum atomic E-state index is -0.623. The second-order valence-electron chi connectivity index (χ2n) is 6.64. The van der Waals surface area contributed by atoms with Gasteiger partial charge in [-0.1, -0.05) is 12.1 Å². The van der Waals surface area contributed by atoms with Gasteiger partial charge in [0.1, 0.15) is 5.75 Å². The van der Waals surface area contributed by atoms with Crippen LogP contribution in [0.3, 0.4) is 0 Å². The number of carboxylic acid groups (broad SMARTS) is 1. The summed E-state index contributed by atoms with van der Waals surface area (Å²) < 4.78 is 5.52. The number of fused-ring (bicyclic) bond motifs is 3. The van der Waals surface area contributed by atoms with Crippen molar-refractivity contribution in [2.75, 3.05) is 6.61 Å². The van der Waals surface area contributed by atoms with Crippen LogP contribution in [-0.2, 0) is 17.8 Å². The van der Waals surface area contributed by atoms with Crippen LogP contribution in [0.4, 0.5) is 0 Å². The predicted octanol–water partition coefficient (Wildman–Crippen LogP) is 2.21. The van der Waals surface area contributed by atoms with Crippen LogP contribution in [-0.4, -0.2) is 23.7 Å². The van der Waals surface area contributed by atoms with Crippen molar-refractivity contribution in [1.29, 1.82) is 0 Å². The molecule has 1 aliphatic heterocycles. The first-order chi connectivity index (χ1) is 10.2.